The van der Waals surface area contributed by atoms with Crippen LogP contribution in [0.5, 0.6) is 0 Å². The Morgan fingerprint density at radius 1 is 1.33 bits per heavy atom. The van der Waals surface area contributed by atoms with Gasteiger partial charge in [0.15, 0.2) is 6.10 Å². The molecule has 1 heterocycles. The minimum Gasteiger partial charge on any atom is -0.451 e. The lowest BCUT2D eigenvalue weighted by Crippen LogP contribution is -2.38. The van der Waals surface area contributed by atoms with E-state index in [1.54, 1.807) is 20.8 Å². The van der Waals surface area contributed by atoms with Crippen LogP contribution >= 0.6 is 0 Å². The van der Waals surface area contributed by atoms with Crippen LogP contribution in [0.1, 0.15) is 32.2 Å². The summed E-state index contributed by atoms with van der Waals surface area (Å²) in [5, 5.41) is 6.87. The van der Waals surface area contributed by atoms with Crippen LogP contribution in [0.4, 0.5) is 5.69 Å². The van der Waals surface area contributed by atoms with Crippen molar-refractivity contribution in [2.75, 3.05) is 12.3 Å². The molecule has 0 aromatic carbocycles. The molecule has 0 saturated carbocycles. The van der Waals surface area contributed by atoms with Gasteiger partial charge < -0.3 is 15.8 Å². The number of nitrogens with one attached hydrogen (secondary N) is 1. The van der Waals surface area contributed by atoms with Crippen LogP contribution < -0.4 is 11.1 Å². The van der Waals surface area contributed by atoms with Gasteiger partial charge in [0.2, 0.25) is 0 Å². The molecule has 1 aromatic heterocycles. The van der Waals surface area contributed by atoms with E-state index in [1.807, 2.05) is 13.8 Å². The number of hydrogen-bond acceptors (Lipinski definition) is 5. The standard InChI is InChI=1S/C14H24N4O3/c1-8(2)6-16-14(20)11(5)21-12(19)7-18-10(4)13(15)9(3)17-18/h8,11H,6-7,15H2,1-5H3,(H,16,20). The molecule has 0 aliphatic heterocycles. The molecular weight excluding hydrogens is 272 g/mol. The van der Waals surface area contributed by atoms with Gasteiger partial charge in [0.25, 0.3) is 5.91 Å². The van der Waals surface area contributed by atoms with Crippen molar-refractivity contribution < 1.29 is 14.3 Å². The van der Waals surface area contributed by atoms with Crippen LogP contribution in [-0.2, 0) is 20.9 Å². The Labute approximate surface area is 124 Å². The molecule has 118 valence electrons. The number of aromatic nitrogens is 2. The van der Waals surface area contributed by atoms with Crippen LogP contribution in [0.15, 0.2) is 0 Å². The van der Waals surface area contributed by atoms with Gasteiger partial charge in [-0.15, -0.1) is 0 Å². The second kappa shape index (κ2) is 7.10. The number of rotatable bonds is 6. The maximum Gasteiger partial charge on any atom is 0.328 e. The fourth-order valence-corrected chi connectivity index (χ4v) is 1.72. The first-order chi connectivity index (χ1) is 9.72. The summed E-state index contributed by atoms with van der Waals surface area (Å²) in [6.07, 6.45) is -0.828. The predicted molar refractivity (Wildman–Crippen MR) is 79.5 cm³/mol. The summed E-state index contributed by atoms with van der Waals surface area (Å²) in [5.74, 6) is -0.479. The van der Waals surface area contributed by atoms with E-state index >= 15 is 0 Å². The highest BCUT2D eigenvalue weighted by atomic mass is 16.5. The summed E-state index contributed by atoms with van der Waals surface area (Å²) in [6.45, 7) is 9.56. The van der Waals surface area contributed by atoms with Gasteiger partial charge in [-0.1, -0.05) is 13.8 Å². The van der Waals surface area contributed by atoms with Crippen LogP contribution in [0.3, 0.4) is 0 Å². The molecule has 0 spiro atoms. The molecule has 3 N–H and O–H groups in total. The highest BCUT2D eigenvalue weighted by molar-refractivity contribution is 5.83. The average Bonchev–Trinajstić information content (AvgIpc) is 2.63. The first-order valence-electron chi connectivity index (χ1n) is 6.99. The molecule has 1 amide bonds. The smallest absolute Gasteiger partial charge is 0.328 e. The summed E-state index contributed by atoms with van der Waals surface area (Å²) in [7, 11) is 0. The van der Waals surface area contributed by atoms with Gasteiger partial charge >= 0.3 is 5.97 Å². The highest BCUT2D eigenvalue weighted by Gasteiger charge is 2.19. The molecule has 21 heavy (non-hydrogen) atoms. The molecule has 0 bridgehead atoms. The molecule has 7 nitrogen and oxygen atoms in total. The number of carbonyl (C=O) groups excluding carboxylic acids is 2. The zero-order chi connectivity index (χ0) is 16.2. The van der Waals surface area contributed by atoms with Gasteiger partial charge in [0.1, 0.15) is 6.54 Å². The fourth-order valence-electron chi connectivity index (χ4n) is 1.72. The Hall–Kier alpha value is -2.05. The third kappa shape index (κ3) is 4.77. The second-order valence-electron chi connectivity index (χ2n) is 5.51. The van der Waals surface area contributed by atoms with E-state index < -0.39 is 12.1 Å². The maximum absolute atomic E-state index is 11.8. The van der Waals surface area contributed by atoms with Crippen molar-refractivity contribution in [2.45, 2.75) is 47.3 Å². The summed E-state index contributed by atoms with van der Waals surface area (Å²) in [4.78, 5) is 23.6. The maximum atomic E-state index is 11.8. The molecule has 0 aliphatic carbocycles. The van der Waals surface area contributed by atoms with Crippen LogP contribution in [0.25, 0.3) is 0 Å². The van der Waals surface area contributed by atoms with E-state index in [1.165, 1.54) is 4.68 Å². The lowest BCUT2D eigenvalue weighted by Gasteiger charge is -2.14. The number of nitrogens with two attached hydrogens (primary N) is 1. The van der Waals surface area contributed by atoms with E-state index in [0.29, 0.717) is 29.5 Å². The van der Waals surface area contributed by atoms with Gasteiger partial charge in [0.05, 0.1) is 17.1 Å². The lowest BCUT2D eigenvalue weighted by atomic mass is 10.2. The topological polar surface area (TPSA) is 99.2 Å². The zero-order valence-corrected chi connectivity index (χ0v) is 13.3. The Balaban J connectivity index is 2.53. The predicted octanol–water partition coefficient (Wildman–Crippen LogP) is 0.786. The number of nitrogens with zero attached hydrogens (tertiary/aromatic N) is 2. The number of hydrogen-bond donors (Lipinski definition) is 2. The molecule has 0 radical (unpaired) electrons. The van der Waals surface area contributed by atoms with Crippen molar-refractivity contribution in [3.8, 4) is 0 Å². The fraction of sp³-hybridized carbons (Fsp3) is 0.643. The summed E-state index contributed by atoms with van der Waals surface area (Å²) < 4.78 is 6.58. The summed E-state index contributed by atoms with van der Waals surface area (Å²) in [6, 6.07) is 0. The SMILES string of the molecule is Cc1nn(CC(=O)OC(C)C(=O)NCC(C)C)c(C)c1N. The lowest BCUT2D eigenvalue weighted by molar-refractivity contribution is -0.155. The van der Waals surface area contributed by atoms with Gasteiger partial charge in [-0.2, -0.15) is 5.10 Å². The van der Waals surface area contributed by atoms with Crippen molar-refractivity contribution in [3.05, 3.63) is 11.4 Å². The molecule has 1 aromatic rings. The zero-order valence-electron chi connectivity index (χ0n) is 13.3. The number of anilines is 1. The first-order valence-corrected chi connectivity index (χ1v) is 6.99. The van der Waals surface area contributed by atoms with Crippen LogP contribution in [0.2, 0.25) is 0 Å². The number of esters is 1. The Bertz CT molecular complexity index is 523. The number of carbonyl (C=O) groups is 2. The molecule has 0 fully saturated rings. The first kappa shape index (κ1) is 17.0. The van der Waals surface area contributed by atoms with Crippen molar-refractivity contribution in [2.24, 2.45) is 5.92 Å². The molecule has 1 atom stereocenters. The van der Waals surface area contributed by atoms with E-state index in [9.17, 15) is 9.59 Å². The number of amides is 1. The summed E-state index contributed by atoms with van der Waals surface area (Å²) in [5.41, 5.74) is 7.74. The van der Waals surface area contributed by atoms with Crippen LogP contribution in [-0.4, -0.2) is 34.3 Å². The Kier molecular flexibility index (Phi) is 5.75. The van der Waals surface area contributed by atoms with Gasteiger partial charge in [0, 0.05) is 6.54 Å². The molecule has 0 saturated heterocycles. The van der Waals surface area contributed by atoms with E-state index in [0.717, 1.165) is 0 Å². The number of ether oxygens (including phenoxy) is 1. The number of aryl methyl sites for hydroxylation is 1. The monoisotopic (exact) mass is 296 g/mol. The average molecular weight is 296 g/mol. The quantitative estimate of drug-likeness (QED) is 0.756. The Morgan fingerprint density at radius 3 is 2.43 bits per heavy atom. The molecule has 1 unspecified atom stereocenters. The van der Waals surface area contributed by atoms with Crippen molar-refractivity contribution in [3.63, 3.8) is 0 Å². The summed E-state index contributed by atoms with van der Waals surface area (Å²) >= 11 is 0. The molecule has 0 aliphatic rings. The minimum absolute atomic E-state index is 0.0638. The van der Waals surface area contributed by atoms with E-state index in [2.05, 4.69) is 10.4 Å². The Morgan fingerprint density at radius 2 is 1.95 bits per heavy atom. The van der Waals surface area contributed by atoms with Gasteiger partial charge in [-0.3, -0.25) is 14.3 Å². The van der Waals surface area contributed by atoms with Crippen molar-refractivity contribution >= 4 is 17.6 Å². The largest absolute Gasteiger partial charge is 0.451 e. The number of nitrogen functional groups attached to an aromatic ring is 1. The normalized spacial score (nSPS) is 12.3. The molecular formula is C14H24N4O3. The van der Waals surface area contributed by atoms with Crippen molar-refractivity contribution in [1.29, 1.82) is 0 Å². The van der Waals surface area contributed by atoms with E-state index in [-0.39, 0.29) is 12.5 Å². The van der Waals surface area contributed by atoms with Gasteiger partial charge in [-0.05, 0) is 26.7 Å². The minimum atomic E-state index is -0.828. The second-order valence-corrected chi connectivity index (χ2v) is 5.51. The molecule has 7 heteroatoms. The van der Waals surface area contributed by atoms with Crippen molar-refractivity contribution in [1.82, 2.24) is 15.1 Å². The van der Waals surface area contributed by atoms with Gasteiger partial charge in [-0.25, -0.2) is 0 Å². The molecule has 1 rings (SSSR count). The van der Waals surface area contributed by atoms with Crippen LogP contribution in [0, 0.1) is 19.8 Å². The third-order valence-corrected chi connectivity index (χ3v) is 3.08. The highest BCUT2D eigenvalue weighted by Crippen LogP contribution is 2.14. The van der Waals surface area contributed by atoms with E-state index in [4.69, 9.17) is 10.5 Å². The third-order valence-electron chi connectivity index (χ3n) is 3.08.